The fourth-order valence-electron chi connectivity index (χ4n) is 3.59. The molecule has 0 bridgehead atoms. The maximum Gasteiger partial charge on any atom is 0.302 e. The van der Waals surface area contributed by atoms with Gasteiger partial charge in [0.1, 0.15) is 6.61 Å². The highest BCUT2D eigenvalue weighted by Gasteiger charge is 2.24. The Bertz CT molecular complexity index is 892. The molecule has 3 rings (SSSR count). The third-order valence-corrected chi connectivity index (χ3v) is 5.54. The van der Waals surface area contributed by atoms with Crippen molar-refractivity contribution in [2.45, 2.75) is 20.3 Å². The average Bonchev–Trinajstić information content (AvgIpc) is 2.88. The van der Waals surface area contributed by atoms with Crippen LogP contribution >= 0.6 is 12.4 Å². The Labute approximate surface area is 214 Å². The molecule has 0 N–H and O–H groups in total. The predicted octanol–water partition coefficient (Wildman–Crippen LogP) is 3.70. The summed E-state index contributed by atoms with van der Waals surface area (Å²) in [7, 11) is 4.57. The number of ether oxygens (including phenoxy) is 4. The Morgan fingerprint density at radius 2 is 1.46 bits per heavy atom. The van der Waals surface area contributed by atoms with Crippen molar-refractivity contribution in [1.29, 1.82) is 0 Å². The highest BCUT2D eigenvalue weighted by molar-refractivity contribution is 5.95. The molecule has 1 amide bonds. The largest absolute Gasteiger partial charge is 0.493 e. The van der Waals surface area contributed by atoms with Crippen LogP contribution in [0.25, 0.3) is 0 Å². The number of esters is 1. The lowest BCUT2D eigenvalue weighted by molar-refractivity contribution is -0.141. The first-order valence-corrected chi connectivity index (χ1v) is 11.4. The zero-order valence-electron chi connectivity index (χ0n) is 21.2. The van der Waals surface area contributed by atoms with Crippen LogP contribution in [0.4, 0.5) is 0 Å². The molecule has 0 aromatic heterocycles. The smallest absolute Gasteiger partial charge is 0.302 e. The zero-order valence-corrected chi connectivity index (χ0v) is 22.1. The van der Waals surface area contributed by atoms with Crippen LogP contribution in [-0.4, -0.2) is 82.3 Å². The third kappa shape index (κ3) is 9.30. The Morgan fingerprint density at radius 3 is 1.89 bits per heavy atom. The molecule has 8 nitrogen and oxygen atoms in total. The molecule has 35 heavy (non-hydrogen) atoms. The van der Waals surface area contributed by atoms with Crippen LogP contribution in [0.2, 0.25) is 0 Å². The topological polar surface area (TPSA) is 77.5 Å². The van der Waals surface area contributed by atoms with Crippen LogP contribution < -0.4 is 14.2 Å². The molecule has 194 valence electrons. The average molecular weight is 509 g/mol. The second-order valence-corrected chi connectivity index (χ2v) is 7.73. The molecule has 2 aromatic carbocycles. The number of hydrogen-bond acceptors (Lipinski definition) is 7. The highest BCUT2D eigenvalue weighted by Crippen LogP contribution is 2.38. The quantitative estimate of drug-likeness (QED) is 0.503. The van der Waals surface area contributed by atoms with Crippen LogP contribution in [0.3, 0.4) is 0 Å². The maximum atomic E-state index is 12.8. The van der Waals surface area contributed by atoms with E-state index in [0.29, 0.717) is 49.1 Å². The van der Waals surface area contributed by atoms with Crippen LogP contribution in [0.1, 0.15) is 29.8 Å². The minimum atomic E-state index is -0.277. The summed E-state index contributed by atoms with van der Waals surface area (Å²) in [6.07, 6.45) is 1.14. The van der Waals surface area contributed by atoms with Gasteiger partial charge in [0.05, 0.1) is 21.3 Å². The molecular weight excluding hydrogens is 472 g/mol. The normalized spacial score (nSPS) is 13.0. The summed E-state index contributed by atoms with van der Waals surface area (Å²) in [6, 6.07) is 13.8. The Kier molecular flexibility index (Phi) is 13.6. The van der Waals surface area contributed by atoms with Crippen molar-refractivity contribution in [3.63, 3.8) is 0 Å². The number of rotatable bonds is 8. The van der Waals surface area contributed by atoms with Crippen molar-refractivity contribution in [3.05, 3.63) is 53.6 Å². The standard InChI is InChI=1S/C18H26N2O6.C8H10.ClH/c1-13(21)26-10-9-19-5-7-20(8-6-19)18(22)14-11-15(23-2)17(25-4)16(12-14)24-3;1-2-8-6-4-3-5-7-8;/h11-12H,5-10H2,1-4H3;3-7H,2H2,1H3;1H. The van der Waals surface area contributed by atoms with Crippen LogP contribution in [-0.2, 0) is 16.0 Å². The van der Waals surface area contributed by atoms with Gasteiger partial charge in [-0.1, -0.05) is 37.3 Å². The fourth-order valence-corrected chi connectivity index (χ4v) is 3.59. The van der Waals surface area contributed by atoms with E-state index in [1.165, 1.54) is 33.8 Å². The number of methoxy groups -OCH3 is 3. The van der Waals surface area contributed by atoms with Gasteiger partial charge in [-0.2, -0.15) is 0 Å². The van der Waals surface area contributed by atoms with Gasteiger partial charge in [-0.15, -0.1) is 12.4 Å². The van der Waals surface area contributed by atoms with Crippen molar-refractivity contribution in [2.24, 2.45) is 0 Å². The lowest BCUT2D eigenvalue weighted by Crippen LogP contribution is -2.49. The lowest BCUT2D eigenvalue weighted by Gasteiger charge is -2.34. The third-order valence-electron chi connectivity index (χ3n) is 5.54. The molecule has 0 spiro atoms. The highest BCUT2D eigenvalue weighted by atomic mass is 35.5. The van der Waals surface area contributed by atoms with E-state index < -0.39 is 0 Å². The first kappa shape index (κ1) is 30.1. The SMILES string of the molecule is CCc1ccccc1.COc1cc(C(=O)N2CCN(CCOC(C)=O)CC2)cc(OC)c1OC.Cl. The molecule has 0 aliphatic carbocycles. The van der Waals surface area contributed by atoms with E-state index >= 15 is 0 Å². The molecule has 0 unspecified atom stereocenters. The molecule has 1 fully saturated rings. The van der Waals surface area contributed by atoms with E-state index in [4.69, 9.17) is 18.9 Å². The summed E-state index contributed by atoms with van der Waals surface area (Å²) in [4.78, 5) is 27.6. The number of nitrogens with zero attached hydrogens (tertiary/aromatic N) is 2. The van der Waals surface area contributed by atoms with Crippen molar-refractivity contribution >= 4 is 24.3 Å². The molecule has 1 saturated heterocycles. The lowest BCUT2D eigenvalue weighted by atomic mass is 10.1. The first-order valence-electron chi connectivity index (χ1n) is 11.4. The van der Waals surface area contributed by atoms with Gasteiger partial charge in [0.2, 0.25) is 5.75 Å². The first-order chi connectivity index (χ1) is 16.4. The van der Waals surface area contributed by atoms with Gasteiger partial charge < -0.3 is 23.8 Å². The van der Waals surface area contributed by atoms with Gasteiger partial charge in [0, 0.05) is 45.2 Å². The van der Waals surface area contributed by atoms with Crippen LogP contribution in [0, 0.1) is 0 Å². The van der Waals surface area contributed by atoms with Gasteiger partial charge in [-0.3, -0.25) is 14.5 Å². The summed E-state index contributed by atoms with van der Waals surface area (Å²) in [5, 5.41) is 0. The number of aryl methyl sites for hydroxylation is 1. The van der Waals surface area contributed by atoms with Gasteiger partial charge in [0.25, 0.3) is 5.91 Å². The Morgan fingerprint density at radius 1 is 0.886 bits per heavy atom. The van der Waals surface area contributed by atoms with Gasteiger partial charge in [-0.25, -0.2) is 0 Å². The van der Waals surface area contributed by atoms with Gasteiger partial charge >= 0.3 is 5.97 Å². The second kappa shape index (κ2) is 15.8. The van der Waals surface area contributed by atoms with E-state index in [1.807, 2.05) is 6.07 Å². The molecule has 0 saturated carbocycles. The Balaban J connectivity index is 0.000000577. The van der Waals surface area contributed by atoms with E-state index in [-0.39, 0.29) is 24.3 Å². The molecular formula is C26H37ClN2O6. The molecule has 1 aliphatic rings. The van der Waals surface area contributed by atoms with Gasteiger partial charge in [-0.05, 0) is 24.1 Å². The van der Waals surface area contributed by atoms with Crippen molar-refractivity contribution in [2.75, 3.05) is 60.7 Å². The number of carbonyl (C=O) groups is 2. The number of carbonyl (C=O) groups excluding carboxylic acids is 2. The second-order valence-electron chi connectivity index (χ2n) is 7.73. The van der Waals surface area contributed by atoms with E-state index in [9.17, 15) is 9.59 Å². The predicted molar refractivity (Wildman–Crippen MR) is 138 cm³/mol. The number of halogens is 1. The number of benzene rings is 2. The molecule has 2 aromatic rings. The molecule has 0 radical (unpaired) electrons. The van der Waals surface area contributed by atoms with Crippen molar-refractivity contribution in [1.82, 2.24) is 9.80 Å². The summed E-state index contributed by atoms with van der Waals surface area (Å²) < 4.78 is 20.9. The van der Waals surface area contributed by atoms with E-state index in [0.717, 1.165) is 19.5 Å². The number of hydrogen-bond donors (Lipinski definition) is 0. The number of amides is 1. The monoisotopic (exact) mass is 508 g/mol. The summed E-state index contributed by atoms with van der Waals surface area (Å²) in [6.45, 7) is 7.28. The number of piperazine rings is 1. The van der Waals surface area contributed by atoms with E-state index in [2.05, 4.69) is 36.1 Å². The summed E-state index contributed by atoms with van der Waals surface area (Å²) in [5.41, 5.74) is 1.90. The molecule has 1 aliphatic heterocycles. The minimum Gasteiger partial charge on any atom is -0.493 e. The molecule has 1 heterocycles. The molecule has 9 heteroatoms. The summed E-state index contributed by atoms with van der Waals surface area (Å²) >= 11 is 0. The molecule has 0 atom stereocenters. The van der Waals surface area contributed by atoms with Crippen molar-refractivity contribution < 1.29 is 28.5 Å². The fraction of sp³-hybridized carbons (Fsp3) is 0.462. The zero-order chi connectivity index (χ0) is 24.9. The van der Waals surface area contributed by atoms with Gasteiger partial charge in [0.15, 0.2) is 11.5 Å². The van der Waals surface area contributed by atoms with E-state index in [1.54, 1.807) is 17.0 Å². The minimum absolute atomic E-state index is 0. The van der Waals surface area contributed by atoms with Crippen LogP contribution in [0.5, 0.6) is 17.2 Å². The van der Waals surface area contributed by atoms with Crippen molar-refractivity contribution in [3.8, 4) is 17.2 Å². The maximum absolute atomic E-state index is 12.8. The Hall–Kier alpha value is -2.97. The van der Waals surface area contributed by atoms with Crippen LogP contribution in [0.15, 0.2) is 42.5 Å². The summed E-state index contributed by atoms with van der Waals surface area (Å²) in [5.74, 6) is 1.01.